The molecule has 1 rings (SSSR count). The highest BCUT2D eigenvalue weighted by molar-refractivity contribution is 5.83. The molecule has 2 atom stereocenters. The van der Waals surface area contributed by atoms with Crippen molar-refractivity contribution >= 4 is 12.0 Å². The molecule has 0 aromatic heterocycles. The number of carbonyl (C=O) groups excluding carboxylic acids is 1. The molecule has 0 aliphatic carbocycles. The minimum absolute atomic E-state index is 0.0546. The molecular weight excluding hydrogens is 212 g/mol. The van der Waals surface area contributed by atoms with Crippen LogP contribution < -0.4 is 5.32 Å². The number of nitrogens with one attached hydrogen (secondary N) is 1. The summed E-state index contributed by atoms with van der Waals surface area (Å²) >= 11 is 0. The maximum atomic E-state index is 11.6. The number of hydrogen-bond donors (Lipinski definition) is 3. The molecule has 90 valence electrons. The van der Waals surface area contributed by atoms with Crippen molar-refractivity contribution in [3.8, 4) is 0 Å². The Morgan fingerprint density at radius 3 is 2.69 bits per heavy atom. The quantitative estimate of drug-likeness (QED) is 0.583. The van der Waals surface area contributed by atoms with Crippen molar-refractivity contribution in [2.45, 2.75) is 25.5 Å². The standard InChI is InChI=1S/C10H16N2O4/c1-6(2)4-11-10(16)12-5-7(13)3-8(12)9(14)15/h7-8,13H,1,3-5H2,2H3,(H,11,16)(H,14,15)/t7?,8-/m0/s1. The van der Waals surface area contributed by atoms with E-state index in [1.165, 1.54) is 0 Å². The molecule has 6 heteroatoms. The maximum absolute atomic E-state index is 11.6. The van der Waals surface area contributed by atoms with E-state index in [4.69, 9.17) is 5.11 Å². The first-order valence-electron chi connectivity index (χ1n) is 5.01. The summed E-state index contributed by atoms with van der Waals surface area (Å²) < 4.78 is 0. The van der Waals surface area contributed by atoms with Crippen molar-refractivity contribution in [2.75, 3.05) is 13.1 Å². The number of likely N-dealkylation sites (tertiary alicyclic amines) is 1. The van der Waals surface area contributed by atoms with Crippen LogP contribution in [-0.2, 0) is 4.79 Å². The normalized spacial score (nSPS) is 24.2. The molecular formula is C10H16N2O4. The molecule has 0 saturated carbocycles. The predicted molar refractivity (Wildman–Crippen MR) is 57.0 cm³/mol. The van der Waals surface area contributed by atoms with E-state index in [0.717, 1.165) is 10.5 Å². The first kappa shape index (κ1) is 12.5. The summed E-state index contributed by atoms with van der Waals surface area (Å²) in [7, 11) is 0. The second kappa shape index (κ2) is 4.98. The number of aliphatic hydroxyl groups is 1. The van der Waals surface area contributed by atoms with E-state index >= 15 is 0 Å². The number of nitrogens with zero attached hydrogens (tertiary/aromatic N) is 1. The van der Waals surface area contributed by atoms with Crippen LogP contribution in [0.1, 0.15) is 13.3 Å². The molecule has 0 spiro atoms. The third kappa shape index (κ3) is 2.96. The van der Waals surface area contributed by atoms with Crippen LogP contribution in [-0.4, -0.2) is 52.3 Å². The molecule has 3 N–H and O–H groups in total. The summed E-state index contributed by atoms with van der Waals surface area (Å²) in [6, 6.07) is -1.42. The van der Waals surface area contributed by atoms with Gasteiger partial charge in [-0.2, -0.15) is 0 Å². The SMILES string of the molecule is C=C(C)CNC(=O)N1CC(O)C[C@H]1C(=O)O. The van der Waals surface area contributed by atoms with Gasteiger partial charge in [0.25, 0.3) is 0 Å². The van der Waals surface area contributed by atoms with Gasteiger partial charge in [-0.1, -0.05) is 12.2 Å². The summed E-state index contributed by atoms with van der Waals surface area (Å²) in [6.07, 6.45) is -0.688. The third-order valence-electron chi connectivity index (χ3n) is 2.37. The zero-order valence-corrected chi connectivity index (χ0v) is 9.14. The van der Waals surface area contributed by atoms with E-state index < -0.39 is 24.1 Å². The lowest BCUT2D eigenvalue weighted by Gasteiger charge is -2.21. The average Bonchev–Trinajstić information content (AvgIpc) is 2.56. The van der Waals surface area contributed by atoms with E-state index in [9.17, 15) is 14.7 Å². The number of carboxylic acid groups (broad SMARTS) is 1. The van der Waals surface area contributed by atoms with Crippen LogP contribution in [0.2, 0.25) is 0 Å². The summed E-state index contributed by atoms with van der Waals surface area (Å²) in [5, 5.41) is 20.8. The Bertz CT molecular complexity index is 316. The summed E-state index contributed by atoms with van der Waals surface area (Å²) in [6.45, 7) is 5.74. The van der Waals surface area contributed by atoms with Crippen molar-refractivity contribution in [1.82, 2.24) is 10.2 Å². The van der Waals surface area contributed by atoms with Gasteiger partial charge in [0, 0.05) is 19.5 Å². The molecule has 2 amide bonds. The van der Waals surface area contributed by atoms with Gasteiger partial charge in [0.2, 0.25) is 0 Å². The van der Waals surface area contributed by atoms with Gasteiger partial charge in [-0.25, -0.2) is 9.59 Å². The van der Waals surface area contributed by atoms with E-state index in [-0.39, 0.29) is 13.0 Å². The fraction of sp³-hybridized carbons (Fsp3) is 0.600. The minimum Gasteiger partial charge on any atom is -0.480 e. The summed E-state index contributed by atoms with van der Waals surface area (Å²) in [5.74, 6) is -1.10. The Morgan fingerprint density at radius 2 is 2.19 bits per heavy atom. The van der Waals surface area contributed by atoms with Gasteiger partial charge in [-0.15, -0.1) is 0 Å². The van der Waals surface area contributed by atoms with E-state index in [0.29, 0.717) is 6.54 Å². The highest BCUT2D eigenvalue weighted by Crippen LogP contribution is 2.17. The van der Waals surface area contributed by atoms with Crippen LogP contribution in [0.3, 0.4) is 0 Å². The molecule has 1 unspecified atom stereocenters. The molecule has 16 heavy (non-hydrogen) atoms. The van der Waals surface area contributed by atoms with Gasteiger partial charge in [-0.05, 0) is 6.92 Å². The molecule has 1 heterocycles. The molecule has 1 saturated heterocycles. The van der Waals surface area contributed by atoms with Crippen molar-refractivity contribution in [1.29, 1.82) is 0 Å². The smallest absolute Gasteiger partial charge is 0.326 e. The first-order valence-corrected chi connectivity index (χ1v) is 5.01. The molecule has 6 nitrogen and oxygen atoms in total. The van der Waals surface area contributed by atoms with E-state index in [1.807, 2.05) is 0 Å². The number of aliphatic hydroxyl groups excluding tert-OH is 1. The Labute approximate surface area is 93.5 Å². The number of β-amino-alcohol motifs (C(OH)–C–C–N with tert-alkyl or cyclic N) is 1. The van der Waals surface area contributed by atoms with Gasteiger partial charge in [0.15, 0.2) is 0 Å². The van der Waals surface area contributed by atoms with Crippen LogP contribution in [0.5, 0.6) is 0 Å². The number of rotatable bonds is 3. The van der Waals surface area contributed by atoms with Gasteiger partial charge >= 0.3 is 12.0 Å². The lowest BCUT2D eigenvalue weighted by atomic mass is 10.2. The second-order valence-corrected chi connectivity index (χ2v) is 4.01. The van der Waals surface area contributed by atoms with Crippen molar-refractivity contribution < 1.29 is 19.8 Å². The monoisotopic (exact) mass is 228 g/mol. The first-order chi connectivity index (χ1) is 7.41. The van der Waals surface area contributed by atoms with E-state index in [2.05, 4.69) is 11.9 Å². The largest absolute Gasteiger partial charge is 0.480 e. The Hall–Kier alpha value is -1.56. The number of carbonyl (C=O) groups is 2. The Kier molecular flexibility index (Phi) is 3.89. The number of aliphatic carboxylic acids is 1. The van der Waals surface area contributed by atoms with Crippen molar-refractivity contribution in [3.05, 3.63) is 12.2 Å². The molecule has 0 aromatic rings. The lowest BCUT2D eigenvalue weighted by Crippen LogP contribution is -2.46. The zero-order chi connectivity index (χ0) is 12.3. The number of urea groups is 1. The Balaban J connectivity index is 2.59. The summed E-state index contributed by atoms with van der Waals surface area (Å²) in [4.78, 5) is 23.6. The fourth-order valence-corrected chi connectivity index (χ4v) is 1.60. The van der Waals surface area contributed by atoms with Crippen LogP contribution in [0.25, 0.3) is 0 Å². The van der Waals surface area contributed by atoms with Gasteiger partial charge in [0.05, 0.1) is 6.10 Å². The lowest BCUT2D eigenvalue weighted by molar-refractivity contribution is -0.141. The summed E-state index contributed by atoms with van der Waals surface area (Å²) in [5.41, 5.74) is 0.778. The van der Waals surface area contributed by atoms with Crippen LogP contribution in [0.15, 0.2) is 12.2 Å². The number of amides is 2. The number of carboxylic acids is 1. The highest BCUT2D eigenvalue weighted by atomic mass is 16.4. The minimum atomic E-state index is -1.10. The van der Waals surface area contributed by atoms with Crippen LogP contribution in [0.4, 0.5) is 4.79 Å². The molecule has 0 aromatic carbocycles. The molecule has 0 radical (unpaired) electrons. The van der Waals surface area contributed by atoms with E-state index in [1.54, 1.807) is 6.92 Å². The fourth-order valence-electron chi connectivity index (χ4n) is 1.60. The molecule has 1 aliphatic heterocycles. The average molecular weight is 228 g/mol. The topological polar surface area (TPSA) is 89.9 Å². The van der Waals surface area contributed by atoms with Gasteiger partial charge in [0.1, 0.15) is 6.04 Å². The predicted octanol–water partition coefficient (Wildman–Crippen LogP) is -0.208. The van der Waals surface area contributed by atoms with Crippen molar-refractivity contribution in [3.63, 3.8) is 0 Å². The Morgan fingerprint density at radius 1 is 1.56 bits per heavy atom. The second-order valence-electron chi connectivity index (χ2n) is 4.01. The highest BCUT2D eigenvalue weighted by Gasteiger charge is 2.38. The van der Waals surface area contributed by atoms with Crippen LogP contribution in [0, 0.1) is 0 Å². The van der Waals surface area contributed by atoms with Gasteiger partial charge in [-0.3, -0.25) is 0 Å². The zero-order valence-electron chi connectivity index (χ0n) is 9.14. The molecule has 0 bridgehead atoms. The van der Waals surface area contributed by atoms with Crippen LogP contribution >= 0.6 is 0 Å². The van der Waals surface area contributed by atoms with Gasteiger partial charge < -0.3 is 20.4 Å². The maximum Gasteiger partial charge on any atom is 0.326 e. The molecule has 1 fully saturated rings. The number of hydrogen-bond acceptors (Lipinski definition) is 3. The van der Waals surface area contributed by atoms with Crippen molar-refractivity contribution in [2.24, 2.45) is 0 Å². The molecule has 1 aliphatic rings. The third-order valence-corrected chi connectivity index (χ3v) is 2.37.